The Kier molecular flexibility index (Phi) is 4.53. The van der Waals surface area contributed by atoms with Crippen LogP contribution in [0.5, 0.6) is 5.75 Å². The van der Waals surface area contributed by atoms with Gasteiger partial charge in [-0.15, -0.1) is 0 Å². The van der Waals surface area contributed by atoms with E-state index in [0.29, 0.717) is 11.0 Å². The molecule has 1 aromatic heterocycles. The molecule has 0 fully saturated rings. The zero-order valence-corrected chi connectivity index (χ0v) is 14.5. The number of carbonyl (C=O) groups is 1. The molecule has 0 radical (unpaired) electrons. The maximum absolute atomic E-state index is 12.5. The third-order valence-corrected chi connectivity index (χ3v) is 4.46. The quantitative estimate of drug-likeness (QED) is 0.675. The molecule has 0 amide bonds. The van der Waals surface area contributed by atoms with Crippen LogP contribution in [-0.2, 0) is 4.79 Å². The number of hydrogen-bond donors (Lipinski definition) is 1. The largest absolute Gasteiger partial charge is 0.507 e. The molecule has 0 aliphatic rings. The molecular formula is C19H15BrO4. The Morgan fingerprint density at radius 1 is 1.17 bits per heavy atom. The summed E-state index contributed by atoms with van der Waals surface area (Å²) in [6.45, 7) is 1.46. The molecule has 3 aromatic rings. The van der Waals surface area contributed by atoms with Crippen LogP contribution in [0.3, 0.4) is 0 Å². The van der Waals surface area contributed by atoms with E-state index in [9.17, 15) is 14.7 Å². The van der Waals surface area contributed by atoms with E-state index in [1.165, 1.54) is 6.92 Å². The maximum atomic E-state index is 12.5. The van der Waals surface area contributed by atoms with Crippen molar-refractivity contribution < 1.29 is 14.3 Å². The number of carbonyl (C=O) groups excluding carboxylic acids is 1. The molecule has 5 heteroatoms. The Morgan fingerprint density at radius 3 is 2.50 bits per heavy atom. The number of aromatic hydroxyl groups is 1. The van der Waals surface area contributed by atoms with Crippen LogP contribution in [-0.4, -0.2) is 10.9 Å². The minimum atomic E-state index is -0.625. The van der Waals surface area contributed by atoms with Gasteiger partial charge < -0.3 is 9.52 Å². The zero-order valence-electron chi connectivity index (χ0n) is 13.0. The number of rotatable bonds is 4. The average molecular weight is 387 g/mol. The van der Waals surface area contributed by atoms with Gasteiger partial charge in [0.2, 0.25) is 0 Å². The molecule has 0 aliphatic carbocycles. The van der Waals surface area contributed by atoms with Crippen molar-refractivity contribution in [3.63, 3.8) is 0 Å². The summed E-state index contributed by atoms with van der Waals surface area (Å²) in [6.07, 6.45) is 0.109. The molecule has 1 heterocycles. The third kappa shape index (κ3) is 3.12. The van der Waals surface area contributed by atoms with Crippen LogP contribution < -0.4 is 5.63 Å². The molecule has 0 unspecified atom stereocenters. The van der Waals surface area contributed by atoms with Crippen molar-refractivity contribution in [2.45, 2.75) is 19.3 Å². The van der Waals surface area contributed by atoms with Crippen molar-refractivity contribution in [3.05, 3.63) is 74.6 Å². The van der Waals surface area contributed by atoms with Crippen LogP contribution in [0.2, 0.25) is 0 Å². The lowest BCUT2D eigenvalue weighted by Crippen LogP contribution is -2.16. The Hall–Kier alpha value is -2.40. The van der Waals surface area contributed by atoms with Crippen molar-refractivity contribution in [1.82, 2.24) is 0 Å². The fourth-order valence-electron chi connectivity index (χ4n) is 2.82. The monoisotopic (exact) mass is 386 g/mol. The van der Waals surface area contributed by atoms with Crippen LogP contribution in [0.1, 0.15) is 30.4 Å². The first kappa shape index (κ1) is 16.5. The zero-order chi connectivity index (χ0) is 17.3. The number of hydrogen-bond acceptors (Lipinski definition) is 4. The van der Waals surface area contributed by atoms with Crippen LogP contribution in [0, 0.1) is 0 Å². The molecule has 1 N–H and O–H groups in total. The second-order valence-corrected chi connectivity index (χ2v) is 6.57. The summed E-state index contributed by atoms with van der Waals surface area (Å²) in [5, 5.41) is 11.1. The molecule has 3 rings (SSSR count). The van der Waals surface area contributed by atoms with Crippen LogP contribution in [0.25, 0.3) is 11.0 Å². The van der Waals surface area contributed by atoms with Gasteiger partial charge in [-0.2, -0.15) is 0 Å². The highest BCUT2D eigenvalue weighted by Gasteiger charge is 2.25. The first-order valence-electron chi connectivity index (χ1n) is 7.47. The van der Waals surface area contributed by atoms with Gasteiger partial charge in [-0.05, 0) is 36.8 Å². The second kappa shape index (κ2) is 6.61. The molecule has 0 saturated carbocycles. The summed E-state index contributed by atoms with van der Waals surface area (Å²) >= 11 is 3.37. The molecular weight excluding hydrogens is 372 g/mol. The maximum Gasteiger partial charge on any atom is 0.343 e. The minimum Gasteiger partial charge on any atom is -0.507 e. The predicted molar refractivity (Wildman–Crippen MR) is 95.4 cm³/mol. The fourth-order valence-corrected chi connectivity index (χ4v) is 3.09. The van der Waals surface area contributed by atoms with Crippen LogP contribution in [0.15, 0.2) is 62.2 Å². The minimum absolute atomic E-state index is 0.0742. The van der Waals surface area contributed by atoms with E-state index in [-0.39, 0.29) is 23.5 Å². The third-order valence-electron chi connectivity index (χ3n) is 3.93. The van der Waals surface area contributed by atoms with E-state index in [1.807, 2.05) is 24.3 Å². The summed E-state index contributed by atoms with van der Waals surface area (Å²) in [5.74, 6) is -0.762. The van der Waals surface area contributed by atoms with Gasteiger partial charge in [0.05, 0.1) is 10.9 Å². The summed E-state index contributed by atoms with van der Waals surface area (Å²) in [4.78, 5) is 24.2. The highest BCUT2D eigenvalue weighted by atomic mass is 79.9. The summed E-state index contributed by atoms with van der Waals surface area (Å²) < 4.78 is 6.24. The number of para-hydroxylation sites is 1. The fraction of sp³-hybridized carbons (Fsp3) is 0.158. The summed E-state index contributed by atoms with van der Waals surface area (Å²) in [6, 6.07) is 14.1. The molecule has 0 saturated heterocycles. The highest BCUT2D eigenvalue weighted by molar-refractivity contribution is 9.10. The number of fused-ring (bicyclic) bond motifs is 1. The van der Waals surface area contributed by atoms with Crippen molar-refractivity contribution in [3.8, 4) is 5.75 Å². The Morgan fingerprint density at radius 2 is 1.83 bits per heavy atom. The standard InChI is InChI=1S/C19H15BrO4/c1-11(21)10-15(12-6-8-13(20)9-7-12)17-18(22)14-4-2-3-5-16(14)24-19(17)23/h2-9,15,22H,10H2,1H3/t15-/m0/s1. The first-order valence-corrected chi connectivity index (χ1v) is 8.26. The van der Waals surface area contributed by atoms with Crippen molar-refractivity contribution in [1.29, 1.82) is 0 Å². The smallest absolute Gasteiger partial charge is 0.343 e. The van der Waals surface area contributed by atoms with E-state index in [0.717, 1.165) is 10.0 Å². The van der Waals surface area contributed by atoms with Gasteiger partial charge in [0.25, 0.3) is 0 Å². The molecule has 0 aliphatic heterocycles. The lowest BCUT2D eigenvalue weighted by molar-refractivity contribution is -0.117. The van der Waals surface area contributed by atoms with Gasteiger partial charge in [-0.1, -0.05) is 40.2 Å². The number of ketones is 1. The molecule has 0 spiro atoms. The van der Waals surface area contributed by atoms with Gasteiger partial charge in [0.1, 0.15) is 17.1 Å². The van der Waals surface area contributed by atoms with E-state index in [2.05, 4.69) is 15.9 Å². The molecule has 1 atom stereocenters. The first-order chi connectivity index (χ1) is 11.5. The normalized spacial score (nSPS) is 12.2. The summed E-state index contributed by atoms with van der Waals surface area (Å²) in [5.41, 5.74) is 0.582. The molecule has 122 valence electrons. The van der Waals surface area contributed by atoms with E-state index in [1.54, 1.807) is 24.3 Å². The van der Waals surface area contributed by atoms with Crippen molar-refractivity contribution in [2.24, 2.45) is 0 Å². The number of Topliss-reactive ketones (excluding diaryl/α,β-unsaturated/α-hetero) is 1. The Labute approximate surface area is 146 Å². The Balaban J connectivity index is 2.24. The SMILES string of the molecule is CC(=O)C[C@@H](c1ccc(Br)cc1)c1c(O)c2ccccc2oc1=O. The van der Waals surface area contributed by atoms with E-state index >= 15 is 0 Å². The van der Waals surface area contributed by atoms with Crippen LogP contribution in [0.4, 0.5) is 0 Å². The van der Waals surface area contributed by atoms with Gasteiger partial charge in [0.15, 0.2) is 0 Å². The lowest BCUT2D eigenvalue weighted by atomic mass is 9.87. The molecule has 24 heavy (non-hydrogen) atoms. The van der Waals surface area contributed by atoms with Gasteiger partial charge >= 0.3 is 5.63 Å². The number of benzene rings is 2. The predicted octanol–water partition coefficient (Wildman–Crippen LogP) is 4.37. The summed E-state index contributed by atoms with van der Waals surface area (Å²) in [7, 11) is 0. The Bertz CT molecular complexity index is 957. The lowest BCUT2D eigenvalue weighted by Gasteiger charge is -2.17. The molecule has 2 aromatic carbocycles. The average Bonchev–Trinajstić information content (AvgIpc) is 2.54. The highest BCUT2D eigenvalue weighted by Crippen LogP contribution is 2.36. The second-order valence-electron chi connectivity index (χ2n) is 5.66. The van der Waals surface area contributed by atoms with Crippen LogP contribution >= 0.6 is 15.9 Å². The van der Waals surface area contributed by atoms with Gasteiger partial charge in [-0.25, -0.2) is 4.79 Å². The molecule has 4 nitrogen and oxygen atoms in total. The number of halogens is 1. The molecule has 0 bridgehead atoms. The van der Waals surface area contributed by atoms with Crippen molar-refractivity contribution in [2.75, 3.05) is 0 Å². The van der Waals surface area contributed by atoms with Gasteiger partial charge in [-0.3, -0.25) is 4.79 Å². The van der Waals surface area contributed by atoms with Gasteiger partial charge in [0, 0.05) is 16.8 Å². The van der Waals surface area contributed by atoms with E-state index in [4.69, 9.17) is 4.42 Å². The topological polar surface area (TPSA) is 67.5 Å². The van der Waals surface area contributed by atoms with Crippen molar-refractivity contribution >= 4 is 32.7 Å². The van der Waals surface area contributed by atoms with E-state index < -0.39 is 11.5 Å².